The van der Waals surface area contributed by atoms with Gasteiger partial charge < -0.3 is 4.98 Å². The molecule has 3 heteroatoms. The van der Waals surface area contributed by atoms with Gasteiger partial charge in [-0.2, -0.15) is 0 Å². The van der Waals surface area contributed by atoms with Crippen molar-refractivity contribution in [2.24, 2.45) is 0 Å². The summed E-state index contributed by atoms with van der Waals surface area (Å²) in [6.07, 6.45) is 1.04. The summed E-state index contributed by atoms with van der Waals surface area (Å²) in [6, 6.07) is 12.7. The highest BCUT2D eigenvalue weighted by Crippen LogP contribution is 2.27. The summed E-state index contributed by atoms with van der Waals surface area (Å²) in [5, 5.41) is 0. The van der Waals surface area contributed by atoms with Gasteiger partial charge in [0, 0.05) is 10.0 Å². The molecule has 19 heavy (non-hydrogen) atoms. The van der Waals surface area contributed by atoms with Gasteiger partial charge in [-0.05, 0) is 48.7 Å². The van der Waals surface area contributed by atoms with Crippen LogP contribution in [-0.4, -0.2) is 9.97 Å². The second-order valence-electron chi connectivity index (χ2n) is 4.75. The lowest BCUT2D eigenvalue weighted by Crippen LogP contribution is -1.85. The zero-order valence-electron chi connectivity index (χ0n) is 11.0. The Kier molecular flexibility index (Phi) is 3.15. The third kappa shape index (κ3) is 2.30. The van der Waals surface area contributed by atoms with Crippen LogP contribution in [0.15, 0.2) is 40.9 Å². The van der Waals surface area contributed by atoms with Crippen molar-refractivity contribution < 1.29 is 0 Å². The first-order valence-corrected chi connectivity index (χ1v) is 7.22. The van der Waals surface area contributed by atoms with Gasteiger partial charge in [0.25, 0.3) is 0 Å². The number of aryl methyl sites for hydroxylation is 2. The third-order valence-electron chi connectivity index (χ3n) is 3.41. The fraction of sp³-hybridized carbons (Fsp3) is 0.188. The molecule has 0 aliphatic heterocycles. The van der Waals surface area contributed by atoms with Crippen LogP contribution >= 0.6 is 15.9 Å². The van der Waals surface area contributed by atoms with E-state index in [-0.39, 0.29) is 0 Å². The van der Waals surface area contributed by atoms with Crippen LogP contribution < -0.4 is 0 Å². The van der Waals surface area contributed by atoms with Crippen molar-refractivity contribution in [2.75, 3.05) is 0 Å². The zero-order valence-corrected chi connectivity index (χ0v) is 12.6. The van der Waals surface area contributed by atoms with E-state index >= 15 is 0 Å². The zero-order chi connectivity index (χ0) is 13.4. The standard InChI is InChI=1S/C16H15BrN2/c1-3-11-5-7-14-15(8-11)19-16(18-14)13-9-12(17)6-4-10(13)2/h4-9H,3H2,1-2H3,(H,18,19). The van der Waals surface area contributed by atoms with E-state index in [0.717, 1.165) is 33.3 Å². The maximum Gasteiger partial charge on any atom is 0.138 e. The number of nitrogens with one attached hydrogen (secondary N) is 1. The van der Waals surface area contributed by atoms with Gasteiger partial charge in [-0.1, -0.05) is 35.0 Å². The first-order valence-electron chi connectivity index (χ1n) is 6.42. The molecule has 3 rings (SSSR count). The molecular formula is C16H15BrN2. The van der Waals surface area contributed by atoms with Crippen LogP contribution in [0.2, 0.25) is 0 Å². The smallest absolute Gasteiger partial charge is 0.138 e. The minimum Gasteiger partial charge on any atom is -0.338 e. The van der Waals surface area contributed by atoms with Crippen LogP contribution in [0.5, 0.6) is 0 Å². The molecule has 1 N–H and O–H groups in total. The lowest BCUT2D eigenvalue weighted by molar-refractivity contribution is 1.14. The molecule has 0 atom stereocenters. The number of imidazole rings is 1. The molecule has 0 saturated carbocycles. The molecule has 0 radical (unpaired) electrons. The fourth-order valence-electron chi connectivity index (χ4n) is 2.25. The van der Waals surface area contributed by atoms with E-state index in [4.69, 9.17) is 0 Å². The van der Waals surface area contributed by atoms with Crippen molar-refractivity contribution >= 4 is 27.0 Å². The Labute approximate surface area is 121 Å². The van der Waals surface area contributed by atoms with Crippen LogP contribution in [0.3, 0.4) is 0 Å². The van der Waals surface area contributed by atoms with Gasteiger partial charge in [0.1, 0.15) is 5.82 Å². The minimum atomic E-state index is 0.932. The summed E-state index contributed by atoms with van der Waals surface area (Å²) in [7, 11) is 0. The number of benzene rings is 2. The number of rotatable bonds is 2. The summed E-state index contributed by atoms with van der Waals surface area (Å²) in [4.78, 5) is 8.11. The molecule has 1 heterocycles. The molecule has 0 spiro atoms. The van der Waals surface area contributed by atoms with E-state index in [2.05, 4.69) is 76.1 Å². The molecule has 0 fully saturated rings. The van der Waals surface area contributed by atoms with Crippen molar-refractivity contribution in [2.45, 2.75) is 20.3 Å². The predicted molar refractivity (Wildman–Crippen MR) is 83.3 cm³/mol. The van der Waals surface area contributed by atoms with E-state index < -0.39 is 0 Å². The molecule has 2 aromatic carbocycles. The number of fused-ring (bicyclic) bond motifs is 1. The number of H-pyrrole nitrogens is 1. The first-order chi connectivity index (χ1) is 9.17. The summed E-state index contributed by atoms with van der Waals surface area (Å²) in [5.74, 6) is 0.932. The Morgan fingerprint density at radius 1 is 1.16 bits per heavy atom. The van der Waals surface area contributed by atoms with Gasteiger partial charge in [0.2, 0.25) is 0 Å². The average molecular weight is 315 g/mol. The van der Waals surface area contributed by atoms with Crippen molar-refractivity contribution in [1.29, 1.82) is 0 Å². The molecule has 0 bridgehead atoms. The topological polar surface area (TPSA) is 28.7 Å². The SMILES string of the molecule is CCc1ccc2nc(-c3cc(Br)ccc3C)[nH]c2c1. The largest absolute Gasteiger partial charge is 0.338 e. The van der Waals surface area contributed by atoms with E-state index in [1.165, 1.54) is 11.1 Å². The van der Waals surface area contributed by atoms with Crippen molar-refractivity contribution in [1.82, 2.24) is 9.97 Å². The average Bonchev–Trinajstić information content (AvgIpc) is 2.83. The van der Waals surface area contributed by atoms with Gasteiger partial charge >= 0.3 is 0 Å². The number of aromatic nitrogens is 2. The molecule has 0 unspecified atom stereocenters. The number of nitrogens with zero attached hydrogens (tertiary/aromatic N) is 1. The third-order valence-corrected chi connectivity index (χ3v) is 3.90. The molecule has 3 aromatic rings. The lowest BCUT2D eigenvalue weighted by Gasteiger charge is -2.02. The Morgan fingerprint density at radius 2 is 2.00 bits per heavy atom. The molecule has 0 amide bonds. The fourth-order valence-corrected chi connectivity index (χ4v) is 2.61. The highest BCUT2D eigenvalue weighted by atomic mass is 79.9. The van der Waals surface area contributed by atoms with Crippen LogP contribution in [-0.2, 0) is 6.42 Å². The Bertz CT molecular complexity index is 744. The minimum absolute atomic E-state index is 0.932. The maximum absolute atomic E-state index is 4.68. The molecule has 1 aromatic heterocycles. The molecular weight excluding hydrogens is 300 g/mol. The molecule has 2 nitrogen and oxygen atoms in total. The normalized spacial score (nSPS) is 11.1. The van der Waals surface area contributed by atoms with Crippen LogP contribution in [0.4, 0.5) is 0 Å². The summed E-state index contributed by atoms with van der Waals surface area (Å²) in [6.45, 7) is 4.27. The number of hydrogen-bond donors (Lipinski definition) is 1. The van der Waals surface area contributed by atoms with Crippen molar-refractivity contribution in [3.05, 3.63) is 52.0 Å². The summed E-state index contributed by atoms with van der Waals surface area (Å²) in [5.41, 5.74) is 5.82. The predicted octanol–water partition coefficient (Wildman–Crippen LogP) is 4.86. The maximum atomic E-state index is 4.68. The van der Waals surface area contributed by atoms with Gasteiger partial charge in [-0.15, -0.1) is 0 Å². The van der Waals surface area contributed by atoms with Gasteiger partial charge in [0.05, 0.1) is 11.0 Å². The monoisotopic (exact) mass is 314 g/mol. The van der Waals surface area contributed by atoms with Crippen LogP contribution in [0, 0.1) is 6.92 Å². The summed E-state index contributed by atoms with van der Waals surface area (Å²) < 4.78 is 1.07. The van der Waals surface area contributed by atoms with Crippen LogP contribution in [0.1, 0.15) is 18.1 Å². The second kappa shape index (κ2) is 4.82. The van der Waals surface area contributed by atoms with Crippen LogP contribution in [0.25, 0.3) is 22.4 Å². The molecule has 0 aliphatic carbocycles. The van der Waals surface area contributed by atoms with E-state index in [1.807, 2.05) is 0 Å². The Hall–Kier alpha value is -1.61. The van der Waals surface area contributed by atoms with Gasteiger partial charge in [-0.25, -0.2) is 4.98 Å². The second-order valence-corrected chi connectivity index (χ2v) is 5.67. The first kappa shape index (κ1) is 12.4. The van der Waals surface area contributed by atoms with Gasteiger partial charge in [0.15, 0.2) is 0 Å². The summed E-state index contributed by atoms with van der Waals surface area (Å²) >= 11 is 3.52. The quantitative estimate of drug-likeness (QED) is 0.718. The Balaban J connectivity index is 2.17. The highest BCUT2D eigenvalue weighted by molar-refractivity contribution is 9.10. The van der Waals surface area contributed by atoms with Crippen molar-refractivity contribution in [3.63, 3.8) is 0 Å². The molecule has 0 aliphatic rings. The molecule has 0 saturated heterocycles. The Morgan fingerprint density at radius 3 is 2.79 bits per heavy atom. The number of aromatic amines is 1. The van der Waals surface area contributed by atoms with E-state index in [0.29, 0.717) is 0 Å². The van der Waals surface area contributed by atoms with Crippen molar-refractivity contribution in [3.8, 4) is 11.4 Å². The molecule has 96 valence electrons. The highest BCUT2D eigenvalue weighted by Gasteiger charge is 2.08. The van der Waals surface area contributed by atoms with E-state index in [9.17, 15) is 0 Å². The number of hydrogen-bond acceptors (Lipinski definition) is 1. The van der Waals surface area contributed by atoms with Gasteiger partial charge in [-0.3, -0.25) is 0 Å². The lowest BCUT2D eigenvalue weighted by atomic mass is 10.1. The van der Waals surface area contributed by atoms with E-state index in [1.54, 1.807) is 0 Å². The number of halogens is 1.